The Morgan fingerprint density at radius 2 is 1.87 bits per heavy atom. The molecule has 5 heteroatoms. The third-order valence-corrected chi connectivity index (χ3v) is 4.55. The van der Waals surface area contributed by atoms with E-state index in [-0.39, 0.29) is 18.4 Å². The lowest BCUT2D eigenvalue weighted by Gasteiger charge is -2.14. The maximum atomic E-state index is 12.0. The molecule has 2 rings (SSSR count). The quantitative estimate of drug-likeness (QED) is 0.781. The number of nitrogens with one attached hydrogen (secondary N) is 1. The van der Waals surface area contributed by atoms with Gasteiger partial charge in [0.05, 0.1) is 12.5 Å². The Morgan fingerprint density at radius 3 is 2.57 bits per heavy atom. The molecule has 1 amide bonds. The molecule has 122 valence electrons. The summed E-state index contributed by atoms with van der Waals surface area (Å²) in [5.74, 6) is -0.0539. The van der Waals surface area contributed by atoms with E-state index < -0.39 is 0 Å². The van der Waals surface area contributed by atoms with Crippen LogP contribution < -0.4 is 11.1 Å². The minimum atomic E-state index is -0.232. The summed E-state index contributed by atoms with van der Waals surface area (Å²) < 4.78 is 5.13. The summed E-state index contributed by atoms with van der Waals surface area (Å²) in [4.78, 5) is 14.3. The predicted octanol–water partition coefficient (Wildman–Crippen LogP) is 2.82. The largest absolute Gasteiger partial charge is 0.380 e. The highest BCUT2D eigenvalue weighted by Crippen LogP contribution is 2.30. The van der Waals surface area contributed by atoms with E-state index in [2.05, 4.69) is 23.5 Å². The summed E-state index contributed by atoms with van der Waals surface area (Å²) >= 11 is 1.69. The van der Waals surface area contributed by atoms with Gasteiger partial charge in [-0.1, -0.05) is 48.2 Å². The topological polar surface area (TPSA) is 64.3 Å². The van der Waals surface area contributed by atoms with Crippen molar-refractivity contribution in [2.24, 2.45) is 5.73 Å². The average molecular weight is 330 g/mol. The molecule has 0 aliphatic rings. The lowest BCUT2D eigenvalue weighted by molar-refractivity contribution is -0.123. The van der Waals surface area contributed by atoms with Crippen molar-refractivity contribution in [3.05, 3.63) is 60.2 Å². The molecule has 0 aliphatic carbocycles. The molecule has 0 fully saturated rings. The molecule has 1 atom stereocenters. The van der Waals surface area contributed by atoms with E-state index in [0.717, 1.165) is 10.5 Å². The van der Waals surface area contributed by atoms with Crippen LogP contribution in [-0.2, 0) is 16.1 Å². The number of hydrogen-bond acceptors (Lipinski definition) is 4. The number of methoxy groups -OCH3 is 1. The van der Waals surface area contributed by atoms with Crippen LogP contribution in [-0.4, -0.2) is 25.7 Å². The first kappa shape index (κ1) is 17.5. The fourth-order valence-corrected chi connectivity index (χ4v) is 3.07. The van der Waals surface area contributed by atoms with Gasteiger partial charge in [-0.05, 0) is 23.8 Å². The summed E-state index contributed by atoms with van der Waals surface area (Å²) in [5.41, 5.74) is 6.63. The monoisotopic (exact) mass is 330 g/mol. The normalized spacial score (nSPS) is 11.9. The maximum absolute atomic E-state index is 12.0. The summed E-state index contributed by atoms with van der Waals surface area (Å²) in [7, 11) is 1.57. The van der Waals surface area contributed by atoms with Crippen LogP contribution in [0.1, 0.15) is 12.0 Å². The Balaban J connectivity index is 1.96. The number of hydrogen-bond donors (Lipinski definition) is 2. The molecule has 3 N–H and O–H groups in total. The third-order valence-electron chi connectivity index (χ3n) is 3.43. The second-order valence-corrected chi connectivity index (χ2v) is 6.21. The van der Waals surface area contributed by atoms with Gasteiger partial charge in [0, 0.05) is 30.0 Å². The summed E-state index contributed by atoms with van der Waals surface area (Å²) in [6.07, 6.45) is 0.0463. The first-order chi connectivity index (χ1) is 11.2. The molecule has 0 aromatic heterocycles. The first-order valence-corrected chi connectivity index (χ1v) is 8.35. The second kappa shape index (κ2) is 9.35. The van der Waals surface area contributed by atoms with Crippen molar-refractivity contribution in [2.75, 3.05) is 13.7 Å². The molecular formula is C18H22N2O2S. The highest BCUT2D eigenvalue weighted by atomic mass is 32.2. The first-order valence-electron chi connectivity index (χ1n) is 7.53. The van der Waals surface area contributed by atoms with Crippen LogP contribution in [0.25, 0.3) is 0 Å². The van der Waals surface area contributed by atoms with E-state index in [9.17, 15) is 4.79 Å². The summed E-state index contributed by atoms with van der Waals surface area (Å²) in [6.45, 7) is 0.834. The Hall–Kier alpha value is -1.82. The Labute approximate surface area is 141 Å². The Kier molecular flexibility index (Phi) is 7.13. The zero-order valence-corrected chi connectivity index (χ0v) is 14.0. The van der Waals surface area contributed by atoms with Crippen LogP contribution in [0.5, 0.6) is 0 Å². The zero-order chi connectivity index (χ0) is 16.5. The highest BCUT2D eigenvalue weighted by Gasteiger charge is 2.12. The van der Waals surface area contributed by atoms with Gasteiger partial charge in [-0.15, -0.1) is 0 Å². The van der Waals surface area contributed by atoms with Crippen molar-refractivity contribution in [1.82, 2.24) is 5.32 Å². The van der Waals surface area contributed by atoms with Gasteiger partial charge in [-0.25, -0.2) is 0 Å². The van der Waals surface area contributed by atoms with Gasteiger partial charge < -0.3 is 15.8 Å². The van der Waals surface area contributed by atoms with Gasteiger partial charge in [0.2, 0.25) is 5.91 Å². The minimum Gasteiger partial charge on any atom is -0.380 e. The molecule has 0 saturated heterocycles. The molecule has 23 heavy (non-hydrogen) atoms. The molecule has 0 saturated carbocycles. The molecule has 2 aromatic carbocycles. The molecule has 4 nitrogen and oxygen atoms in total. The number of rotatable bonds is 8. The van der Waals surface area contributed by atoms with Gasteiger partial charge >= 0.3 is 0 Å². The second-order valence-electron chi connectivity index (χ2n) is 5.10. The predicted molar refractivity (Wildman–Crippen MR) is 93.3 cm³/mol. The van der Waals surface area contributed by atoms with Gasteiger partial charge in [0.15, 0.2) is 0 Å². The van der Waals surface area contributed by atoms with Gasteiger partial charge in [0.1, 0.15) is 0 Å². The molecule has 0 radical (unpaired) electrons. The standard InChI is InChI=1S/C18H22N2O2S/c1-22-15(12-19)11-18(21)20-13-14-7-5-6-10-17(14)23-16-8-3-2-4-9-16/h2-10,15H,11-13,19H2,1H3,(H,20,21). The number of benzene rings is 2. The SMILES string of the molecule is COC(CN)CC(=O)NCc1ccccc1Sc1ccccc1. The lowest BCUT2D eigenvalue weighted by Crippen LogP contribution is -2.32. The van der Waals surface area contributed by atoms with Crippen LogP contribution in [0.15, 0.2) is 64.4 Å². The maximum Gasteiger partial charge on any atom is 0.222 e. The average Bonchev–Trinajstić information content (AvgIpc) is 2.60. The minimum absolute atomic E-state index is 0.0539. The van der Waals surface area contributed by atoms with Crippen LogP contribution in [0.4, 0.5) is 0 Å². The van der Waals surface area contributed by atoms with E-state index in [1.165, 1.54) is 4.90 Å². The highest BCUT2D eigenvalue weighted by molar-refractivity contribution is 7.99. The lowest BCUT2D eigenvalue weighted by atomic mass is 10.2. The number of carbonyl (C=O) groups excluding carboxylic acids is 1. The fraction of sp³-hybridized carbons (Fsp3) is 0.278. The fourth-order valence-electron chi connectivity index (χ4n) is 2.10. The summed E-state index contributed by atoms with van der Waals surface area (Å²) in [5, 5.41) is 2.94. The molecular weight excluding hydrogens is 308 g/mol. The van der Waals surface area contributed by atoms with Crippen molar-refractivity contribution < 1.29 is 9.53 Å². The van der Waals surface area contributed by atoms with Gasteiger partial charge in [-0.2, -0.15) is 0 Å². The van der Waals surface area contributed by atoms with Crippen molar-refractivity contribution in [2.45, 2.75) is 28.9 Å². The van der Waals surface area contributed by atoms with E-state index in [0.29, 0.717) is 13.1 Å². The van der Waals surface area contributed by atoms with Crippen molar-refractivity contribution in [3.63, 3.8) is 0 Å². The Morgan fingerprint density at radius 1 is 1.17 bits per heavy atom. The van der Waals surface area contributed by atoms with Crippen LogP contribution in [0, 0.1) is 0 Å². The van der Waals surface area contributed by atoms with E-state index in [4.69, 9.17) is 10.5 Å². The number of amides is 1. The van der Waals surface area contributed by atoms with Crippen molar-refractivity contribution in [3.8, 4) is 0 Å². The van der Waals surface area contributed by atoms with Crippen molar-refractivity contribution >= 4 is 17.7 Å². The van der Waals surface area contributed by atoms with Crippen LogP contribution >= 0.6 is 11.8 Å². The molecule has 2 aromatic rings. The smallest absolute Gasteiger partial charge is 0.222 e. The molecule has 0 aliphatic heterocycles. The van der Waals surface area contributed by atoms with E-state index in [1.54, 1.807) is 18.9 Å². The summed E-state index contributed by atoms with van der Waals surface area (Å²) in [6, 6.07) is 18.3. The number of ether oxygens (including phenoxy) is 1. The third kappa shape index (κ3) is 5.71. The molecule has 1 unspecified atom stereocenters. The van der Waals surface area contributed by atoms with Gasteiger partial charge in [0.25, 0.3) is 0 Å². The Bertz CT molecular complexity index is 615. The van der Waals surface area contributed by atoms with Crippen LogP contribution in [0.2, 0.25) is 0 Å². The molecule has 0 heterocycles. The zero-order valence-electron chi connectivity index (χ0n) is 13.2. The van der Waals surface area contributed by atoms with Crippen LogP contribution in [0.3, 0.4) is 0 Å². The van der Waals surface area contributed by atoms with E-state index >= 15 is 0 Å². The molecule has 0 spiro atoms. The number of carbonyl (C=O) groups is 1. The van der Waals surface area contributed by atoms with Gasteiger partial charge in [-0.3, -0.25) is 4.79 Å². The molecule has 0 bridgehead atoms. The van der Waals surface area contributed by atoms with E-state index in [1.807, 2.05) is 36.4 Å². The van der Waals surface area contributed by atoms with Crippen molar-refractivity contribution in [1.29, 1.82) is 0 Å². The number of nitrogens with two attached hydrogens (primary N) is 1.